The van der Waals surface area contributed by atoms with Crippen LogP contribution in [0.3, 0.4) is 0 Å². The zero-order chi connectivity index (χ0) is 16.0. The van der Waals surface area contributed by atoms with E-state index >= 15 is 0 Å². The van der Waals surface area contributed by atoms with E-state index in [1.807, 2.05) is 24.4 Å². The van der Waals surface area contributed by atoms with Gasteiger partial charge in [0.05, 0.1) is 33.8 Å². The van der Waals surface area contributed by atoms with E-state index in [1.54, 1.807) is 6.92 Å². The minimum Gasteiger partial charge on any atom is -0.450 e. The summed E-state index contributed by atoms with van der Waals surface area (Å²) in [4.78, 5) is 49.4. The lowest BCUT2D eigenvalue weighted by molar-refractivity contribution is -0.858. The maximum atomic E-state index is 11.8. The molecule has 1 heterocycles. The molecule has 1 aromatic rings. The standard InChI is InChI=1S/C12H18N4O5/c1-4-21-12(20)14-10(18)8-7-16(6-5-15(2)3)11(19)13-9(8)17/h7H,4-6H2,1-3H3,(H,13,17,19)(H,14,18,20)/p+1. The Hall–Kier alpha value is -2.42. The fourth-order valence-corrected chi connectivity index (χ4v) is 1.51. The topological polar surface area (TPSA) is 115 Å². The summed E-state index contributed by atoms with van der Waals surface area (Å²) in [5.41, 5.74) is -1.78. The van der Waals surface area contributed by atoms with Gasteiger partial charge in [0, 0.05) is 6.20 Å². The molecular weight excluding hydrogens is 280 g/mol. The van der Waals surface area contributed by atoms with E-state index in [2.05, 4.69) is 4.74 Å². The number of hydrogen-bond donors (Lipinski definition) is 3. The number of aromatic amines is 1. The molecule has 0 aliphatic heterocycles. The van der Waals surface area contributed by atoms with Crippen molar-refractivity contribution in [2.45, 2.75) is 13.5 Å². The molecule has 0 bridgehead atoms. The summed E-state index contributed by atoms with van der Waals surface area (Å²) < 4.78 is 5.77. The number of amides is 2. The molecule has 0 atom stereocenters. The van der Waals surface area contributed by atoms with Crippen molar-refractivity contribution in [1.29, 1.82) is 0 Å². The highest BCUT2D eigenvalue weighted by atomic mass is 16.5. The lowest BCUT2D eigenvalue weighted by Crippen LogP contribution is -3.06. The SMILES string of the molecule is CCOC(=O)NC(=O)c1cn(CC[NH+](C)C)c(=O)[nH]c1=O. The molecule has 1 rings (SSSR count). The average Bonchev–Trinajstić information content (AvgIpc) is 2.37. The van der Waals surface area contributed by atoms with Crippen molar-refractivity contribution in [2.24, 2.45) is 0 Å². The van der Waals surface area contributed by atoms with Crippen LogP contribution < -0.4 is 21.5 Å². The highest BCUT2D eigenvalue weighted by molar-refractivity contribution is 6.02. The summed E-state index contributed by atoms with van der Waals surface area (Å²) in [6.07, 6.45) is 0.191. The Labute approximate surface area is 120 Å². The molecule has 0 saturated heterocycles. The molecule has 0 aromatic carbocycles. The molecule has 2 amide bonds. The van der Waals surface area contributed by atoms with E-state index in [4.69, 9.17) is 0 Å². The fraction of sp³-hybridized carbons (Fsp3) is 0.500. The minimum absolute atomic E-state index is 0.0978. The van der Waals surface area contributed by atoms with E-state index < -0.39 is 23.2 Å². The summed E-state index contributed by atoms with van der Waals surface area (Å²) in [5, 5.41) is 1.91. The minimum atomic E-state index is -0.947. The van der Waals surface area contributed by atoms with Crippen molar-refractivity contribution in [3.05, 3.63) is 32.6 Å². The van der Waals surface area contributed by atoms with Gasteiger partial charge in [-0.3, -0.25) is 24.5 Å². The molecule has 0 saturated carbocycles. The van der Waals surface area contributed by atoms with Crippen molar-refractivity contribution in [3.63, 3.8) is 0 Å². The molecule has 0 fully saturated rings. The fourth-order valence-electron chi connectivity index (χ4n) is 1.51. The molecule has 0 aliphatic carbocycles. The quantitative estimate of drug-likeness (QED) is 0.559. The van der Waals surface area contributed by atoms with Gasteiger partial charge in [0.15, 0.2) is 0 Å². The van der Waals surface area contributed by atoms with Crippen LogP contribution in [0.15, 0.2) is 15.8 Å². The van der Waals surface area contributed by atoms with Crippen LogP contribution in [0.2, 0.25) is 0 Å². The van der Waals surface area contributed by atoms with E-state index in [0.29, 0.717) is 13.1 Å². The number of aromatic nitrogens is 2. The summed E-state index contributed by atoms with van der Waals surface area (Å²) in [7, 11) is 3.82. The van der Waals surface area contributed by atoms with E-state index in [0.717, 1.165) is 11.1 Å². The number of rotatable bonds is 5. The Morgan fingerprint density at radius 3 is 2.62 bits per heavy atom. The number of carbonyl (C=O) groups is 2. The maximum Gasteiger partial charge on any atom is 0.414 e. The van der Waals surface area contributed by atoms with Crippen molar-refractivity contribution < 1.29 is 19.2 Å². The third-order valence-electron chi connectivity index (χ3n) is 2.60. The second kappa shape index (κ2) is 7.39. The first-order valence-corrected chi connectivity index (χ1v) is 6.46. The van der Waals surface area contributed by atoms with Gasteiger partial charge in [-0.1, -0.05) is 0 Å². The number of H-pyrrole nitrogens is 1. The van der Waals surface area contributed by atoms with Crippen molar-refractivity contribution in [1.82, 2.24) is 14.9 Å². The summed E-state index contributed by atoms with van der Waals surface area (Å²) in [6.45, 7) is 2.64. The Balaban J connectivity index is 2.99. The van der Waals surface area contributed by atoms with Gasteiger partial charge in [0.25, 0.3) is 11.5 Å². The summed E-state index contributed by atoms with van der Waals surface area (Å²) >= 11 is 0. The predicted molar refractivity (Wildman–Crippen MR) is 73.5 cm³/mol. The van der Waals surface area contributed by atoms with Crippen LogP contribution in [-0.2, 0) is 11.3 Å². The molecule has 3 N–H and O–H groups in total. The zero-order valence-electron chi connectivity index (χ0n) is 12.2. The molecule has 0 spiro atoms. The molecule has 9 heteroatoms. The normalized spacial score (nSPS) is 10.5. The third-order valence-corrected chi connectivity index (χ3v) is 2.60. The van der Waals surface area contributed by atoms with Crippen LogP contribution in [0.25, 0.3) is 0 Å². The smallest absolute Gasteiger partial charge is 0.414 e. The van der Waals surface area contributed by atoms with Gasteiger partial charge < -0.3 is 9.64 Å². The van der Waals surface area contributed by atoms with Gasteiger partial charge in [0.2, 0.25) is 0 Å². The monoisotopic (exact) mass is 299 g/mol. The number of nitrogens with one attached hydrogen (secondary N) is 3. The van der Waals surface area contributed by atoms with Crippen LogP contribution in [0.4, 0.5) is 4.79 Å². The Bertz CT molecular complexity index is 631. The Morgan fingerprint density at radius 2 is 2.05 bits per heavy atom. The molecule has 21 heavy (non-hydrogen) atoms. The number of likely N-dealkylation sites (N-methyl/N-ethyl adjacent to an activating group) is 1. The predicted octanol–water partition coefficient (Wildman–Crippen LogP) is -2.43. The third kappa shape index (κ3) is 4.88. The van der Waals surface area contributed by atoms with Crippen molar-refractivity contribution >= 4 is 12.0 Å². The molecule has 0 unspecified atom stereocenters. The second-order valence-corrected chi connectivity index (χ2v) is 4.63. The number of carbonyl (C=O) groups excluding carboxylic acids is 2. The van der Waals surface area contributed by atoms with E-state index in [-0.39, 0.29) is 12.2 Å². The molecule has 0 radical (unpaired) electrons. The summed E-state index contributed by atoms with van der Waals surface area (Å²) in [5.74, 6) is -0.916. The summed E-state index contributed by atoms with van der Waals surface area (Å²) in [6, 6.07) is 0. The van der Waals surface area contributed by atoms with Gasteiger partial charge in [-0.25, -0.2) is 9.59 Å². The second-order valence-electron chi connectivity index (χ2n) is 4.63. The highest BCUT2D eigenvalue weighted by Crippen LogP contribution is 1.89. The zero-order valence-corrected chi connectivity index (χ0v) is 12.2. The number of imide groups is 1. The van der Waals surface area contributed by atoms with Crippen LogP contribution in [0.1, 0.15) is 17.3 Å². The number of alkyl carbamates (subject to hydrolysis) is 1. The van der Waals surface area contributed by atoms with Crippen LogP contribution in [0, 0.1) is 0 Å². The van der Waals surface area contributed by atoms with Gasteiger partial charge in [0.1, 0.15) is 5.56 Å². The number of ether oxygens (including phenoxy) is 1. The first-order chi connectivity index (χ1) is 9.85. The van der Waals surface area contributed by atoms with Crippen molar-refractivity contribution in [2.75, 3.05) is 27.2 Å². The van der Waals surface area contributed by atoms with Gasteiger partial charge in [-0.15, -0.1) is 0 Å². The Morgan fingerprint density at radius 1 is 1.38 bits per heavy atom. The molecule has 1 aromatic heterocycles. The first-order valence-electron chi connectivity index (χ1n) is 6.46. The Kier molecular flexibility index (Phi) is 5.85. The molecule has 116 valence electrons. The maximum absolute atomic E-state index is 11.8. The van der Waals surface area contributed by atoms with E-state index in [9.17, 15) is 19.2 Å². The van der Waals surface area contributed by atoms with Gasteiger partial charge >= 0.3 is 11.8 Å². The van der Waals surface area contributed by atoms with Crippen LogP contribution in [0.5, 0.6) is 0 Å². The van der Waals surface area contributed by atoms with Crippen LogP contribution >= 0.6 is 0 Å². The number of quaternary nitrogens is 1. The molecule has 9 nitrogen and oxygen atoms in total. The van der Waals surface area contributed by atoms with Gasteiger partial charge in [-0.2, -0.15) is 0 Å². The number of nitrogens with zero attached hydrogens (tertiary/aromatic N) is 1. The van der Waals surface area contributed by atoms with Gasteiger partial charge in [-0.05, 0) is 6.92 Å². The first kappa shape index (κ1) is 16.6. The average molecular weight is 299 g/mol. The van der Waals surface area contributed by atoms with Crippen molar-refractivity contribution in [3.8, 4) is 0 Å². The lowest BCUT2D eigenvalue weighted by Gasteiger charge is -2.10. The molecule has 0 aliphatic rings. The van der Waals surface area contributed by atoms with E-state index in [1.165, 1.54) is 4.57 Å². The number of hydrogen-bond acceptors (Lipinski definition) is 5. The molecular formula is C12H19N4O5+. The highest BCUT2D eigenvalue weighted by Gasteiger charge is 2.16. The van der Waals surface area contributed by atoms with Crippen LogP contribution in [-0.4, -0.2) is 48.8 Å². The largest absolute Gasteiger partial charge is 0.450 e. The lowest BCUT2D eigenvalue weighted by atomic mass is 10.3.